The first-order valence-electron chi connectivity index (χ1n) is 12.8. The van der Waals surface area contributed by atoms with Gasteiger partial charge in [0.15, 0.2) is 10.9 Å². The summed E-state index contributed by atoms with van der Waals surface area (Å²) in [7, 11) is 2.01. The number of likely N-dealkylation sites (N-methyl/N-ethyl adjacent to an activating group) is 1. The highest BCUT2D eigenvalue weighted by Crippen LogP contribution is 2.43. The fourth-order valence-corrected chi connectivity index (χ4v) is 6.16. The largest absolute Gasteiger partial charge is 0.462 e. The van der Waals surface area contributed by atoms with E-state index in [-0.39, 0.29) is 49.4 Å². The lowest BCUT2D eigenvalue weighted by molar-refractivity contribution is 0.152. The highest BCUT2D eigenvalue weighted by Gasteiger charge is 2.29. The van der Waals surface area contributed by atoms with Crippen LogP contribution in [-0.4, -0.2) is 72.3 Å². The number of hydrogen-bond acceptors (Lipinski definition) is 9. The molecule has 2 aromatic heterocycles. The zero-order valence-electron chi connectivity index (χ0n) is 21.2. The Morgan fingerprint density at radius 1 is 1.13 bits per heavy atom. The van der Waals surface area contributed by atoms with E-state index in [0.717, 1.165) is 36.8 Å². The van der Waals surface area contributed by atoms with Gasteiger partial charge in [0.05, 0.1) is 10.2 Å². The number of nitrogens with zero attached hydrogens (tertiary/aromatic N) is 5. The number of rotatable bonds is 6. The third-order valence-electron chi connectivity index (χ3n) is 7.43. The number of benzene rings is 2. The molecule has 0 radical (unpaired) electrons. The van der Waals surface area contributed by atoms with Crippen LogP contribution in [0, 0.1) is 11.6 Å². The Balaban J connectivity index is 1.56. The zero-order valence-corrected chi connectivity index (χ0v) is 22.0. The van der Waals surface area contributed by atoms with E-state index in [0.29, 0.717) is 38.6 Å². The Morgan fingerprint density at radius 2 is 1.92 bits per heavy atom. The van der Waals surface area contributed by atoms with Crippen LogP contribution in [0.4, 0.5) is 28.5 Å². The predicted octanol–water partition coefficient (Wildman–Crippen LogP) is 4.59. The summed E-state index contributed by atoms with van der Waals surface area (Å²) in [5.74, 6) is -1.24. The second-order valence-corrected chi connectivity index (χ2v) is 10.9. The van der Waals surface area contributed by atoms with E-state index in [2.05, 4.69) is 25.2 Å². The molecule has 2 aromatic carbocycles. The van der Waals surface area contributed by atoms with Crippen molar-refractivity contribution in [1.82, 2.24) is 25.2 Å². The summed E-state index contributed by atoms with van der Waals surface area (Å²) in [6.07, 6.45) is -1.02. The van der Waals surface area contributed by atoms with E-state index in [1.165, 1.54) is 12.1 Å². The molecule has 2 saturated heterocycles. The van der Waals surface area contributed by atoms with E-state index in [9.17, 15) is 13.2 Å². The molecule has 13 heteroatoms. The quantitative estimate of drug-likeness (QED) is 0.331. The van der Waals surface area contributed by atoms with Crippen LogP contribution in [0.15, 0.2) is 18.2 Å². The lowest BCUT2D eigenvalue weighted by Crippen LogP contribution is -2.44. The van der Waals surface area contributed by atoms with Gasteiger partial charge in [0.25, 0.3) is 6.43 Å². The van der Waals surface area contributed by atoms with Gasteiger partial charge in [-0.1, -0.05) is 11.3 Å². The van der Waals surface area contributed by atoms with Crippen molar-refractivity contribution >= 4 is 43.4 Å². The summed E-state index contributed by atoms with van der Waals surface area (Å²) < 4.78 is 66.0. The van der Waals surface area contributed by atoms with Crippen molar-refractivity contribution in [3.05, 3.63) is 35.4 Å². The molecule has 2 aliphatic rings. The topological polar surface area (TPSA) is 92.4 Å². The predicted molar refractivity (Wildman–Crippen MR) is 144 cm³/mol. The molecular weight excluding hydrogens is 534 g/mol. The Labute approximate surface area is 225 Å². The summed E-state index contributed by atoms with van der Waals surface area (Å²) >= 11 is 0.873. The molecule has 3 N–H and O–H groups in total. The van der Waals surface area contributed by atoms with Gasteiger partial charge in [-0.15, -0.1) is 0 Å². The lowest BCUT2D eigenvalue weighted by atomic mass is 9.95. The zero-order chi connectivity index (χ0) is 27.3. The Hall–Kier alpha value is -3.29. The van der Waals surface area contributed by atoms with Gasteiger partial charge in [0, 0.05) is 54.3 Å². The molecule has 2 fully saturated rings. The number of nitrogens with two attached hydrogens (primary N) is 1. The van der Waals surface area contributed by atoms with Crippen LogP contribution >= 0.6 is 11.3 Å². The molecule has 4 aromatic rings. The standard InChI is InChI=1S/C26H27F4N7OS/c1-36-8-2-3-13(36)12-38-26-34-20-16(24(35-26)37-9-6-32-7-10-37)11-15(23(29)30)18(19(20)28)14-4-5-17(27)22-21(14)33-25(31)39-22/h4-5,11,13,23,32H,2-3,6-10,12H2,1H3,(H2,31,33). The summed E-state index contributed by atoms with van der Waals surface area (Å²) in [5, 5.41) is 3.46. The number of aromatic nitrogens is 3. The fourth-order valence-electron chi connectivity index (χ4n) is 5.39. The second kappa shape index (κ2) is 10.4. The molecule has 0 saturated carbocycles. The Kier molecular flexibility index (Phi) is 6.89. The molecule has 39 heavy (non-hydrogen) atoms. The summed E-state index contributed by atoms with van der Waals surface area (Å²) in [5.41, 5.74) is 4.75. The first kappa shape index (κ1) is 26.0. The molecule has 1 unspecified atom stereocenters. The van der Waals surface area contributed by atoms with Crippen molar-refractivity contribution in [3.63, 3.8) is 0 Å². The first-order valence-corrected chi connectivity index (χ1v) is 13.6. The summed E-state index contributed by atoms with van der Waals surface area (Å²) in [6.45, 7) is 3.72. The highest BCUT2D eigenvalue weighted by molar-refractivity contribution is 7.22. The van der Waals surface area contributed by atoms with Gasteiger partial charge in [0.1, 0.15) is 23.8 Å². The number of ether oxygens (including phenoxy) is 1. The molecule has 0 amide bonds. The van der Waals surface area contributed by atoms with Crippen molar-refractivity contribution in [2.75, 3.05) is 57.0 Å². The van der Waals surface area contributed by atoms with Crippen LogP contribution in [0.25, 0.3) is 32.2 Å². The second-order valence-electron chi connectivity index (χ2n) is 9.83. The fraction of sp³-hybridized carbons (Fsp3) is 0.423. The molecule has 1 atom stereocenters. The van der Waals surface area contributed by atoms with Crippen molar-refractivity contribution in [3.8, 4) is 17.1 Å². The molecular formula is C26H27F4N7OS. The van der Waals surface area contributed by atoms with Crippen LogP contribution in [0.5, 0.6) is 6.01 Å². The third kappa shape index (κ3) is 4.72. The smallest absolute Gasteiger partial charge is 0.319 e. The van der Waals surface area contributed by atoms with E-state index in [1.807, 2.05) is 11.9 Å². The van der Waals surface area contributed by atoms with Crippen LogP contribution in [0.2, 0.25) is 0 Å². The van der Waals surface area contributed by atoms with Gasteiger partial charge in [-0.3, -0.25) is 0 Å². The monoisotopic (exact) mass is 561 g/mol. The third-order valence-corrected chi connectivity index (χ3v) is 8.32. The Bertz CT molecular complexity index is 1540. The molecule has 0 spiro atoms. The SMILES string of the molecule is CN1CCCC1COc1nc(N2CCNCC2)c2cc(C(F)F)c(-c3ccc(F)c4sc(N)nc34)c(F)c2n1. The molecule has 6 rings (SSSR count). The summed E-state index contributed by atoms with van der Waals surface area (Å²) in [4.78, 5) is 17.2. The summed E-state index contributed by atoms with van der Waals surface area (Å²) in [6, 6.07) is 3.74. The molecule has 0 bridgehead atoms. The average Bonchev–Trinajstić information content (AvgIpc) is 3.53. The van der Waals surface area contributed by atoms with Gasteiger partial charge >= 0.3 is 6.01 Å². The minimum Gasteiger partial charge on any atom is -0.462 e. The van der Waals surface area contributed by atoms with Crippen LogP contribution < -0.4 is 20.7 Å². The van der Waals surface area contributed by atoms with Crippen LogP contribution in [0.3, 0.4) is 0 Å². The van der Waals surface area contributed by atoms with E-state index < -0.39 is 23.6 Å². The minimum absolute atomic E-state index is 0.0198. The maximum absolute atomic E-state index is 16.5. The number of hydrogen-bond donors (Lipinski definition) is 2. The van der Waals surface area contributed by atoms with Crippen LogP contribution in [-0.2, 0) is 0 Å². The highest BCUT2D eigenvalue weighted by atomic mass is 32.1. The molecule has 4 heterocycles. The number of halogens is 4. The maximum Gasteiger partial charge on any atom is 0.319 e. The Morgan fingerprint density at radius 3 is 2.64 bits per heavy atom. The van der Waals surface area contributed by atoms with Crippen molar-refractivity contribution in [1.29, 1.82) is 0 Å². The van der Waals surface area contributed by atoms with Gasteiger partial charge in [-0.2, -0.15) is 9.97 Å². The number of likely N-dealkylation sites (tertiary alicyclic amines) is 1. The number of nitrogens with one attached hydrogen (secondary N) is 1. The van der Waals surface area contributed by atoms with Crippen LogP contribution in [0.1, 0.15) is 24.8 Å². The number of thiazole rings is 1. The van der Waals surface area contributed by atoms with Gasteiger partial charge in [0.2, 0.25) is 0 Å². The number of nitrogen functional groups attached to an aromatic ring is 1. The van der Waals surface area contributed by atoms with Crippen molar-refractivity contribution in [2.45, 2.75) is 25.3 Å². The molecule has 8 nitrogen and oxygen atoms in total. The van der Waals surface area contributed by atoms with E-state index in [4.69, 9.17) is 10.5 Å². The van der Waals surface area contributed by atoms with E-state index >= 15 is 4.39 Å². The lowest BCUT2D eigenvalue weighted by Gasteiger charge is -2.30. The number of anilines is 2. The van der Waals surface area contributed by atoms with Crippen molar-refractivity contribution in [2.24, 2.45) is 0 Å². The van der Waals surface area contributed by atoms with Gasteiger partial charge in [-0.05, 0) is 44.6 Å². The molecule has 206 valence electrons. The normalized spacial score (nSPS) is 18.6. The minimum atomic E-state index is -3.03. The van der Waals surface area contributed by atoms with Crippen molar-refractivity contribution < 1.29 is 22.3 Å². The number of fused-ring (bicyclic) bond motifs is 2. The molecule has 2 aliphatic heterocycles. The number of alkyl halides is 2. The first-order chi connectivity index (χ1) is 18.8. The number of piperazine rings is 1. The average molecular weight is 562 g/mol. The van der Waals surface area contributed by atoms with Gasteiger partial charge < -0.3 is 25.6 Å². The van der Waals surface area contributed by atoms with E-state index in [1.54, 1.807) is 0 Å². The van der Waals surface area contributed by atoms with Gasteiger partial charge in [-0.25, -0.2) is 22.5 Å². The molecule has 0 aliphatic carbocycles. The maximum atomic E-state index is 16.5.